The summed E-state index contributed by atoms with van der Waals surface area (Å²) < 4.78 is 6.07. The monoisotopic (exact) mass is 286 g/mol. The molecule has 0 N–H and O–H groups in total. The van der Waals surface area contributed by atoms with E-state index < -0.39 is 0 Å². The minimum atomic E-state index is 0.935. The molecule has 0 spiro atoms. The number of benzene rings is 3. The van der Waals surface area contributed by atoms with Crippen LogP contribution in [0.2, 0.25) is 0 Å². The summed E-state index contributed by atoms with van der Waals surface area (Å²) >= 11 is 0. The first kappa shape index (κ1) is 13.1. The fraction of sp³-hybridized carbons (Fsp3) is 0.143. The van der Waals surface area contributed by atoms with Gasteiger partial charge < -0.3 is 4.42 Å². The van der Waals surface area contributed by atoms with Crippen molar-refractivity contribution < 1.29 is 4.42 Å². The summed E-state index contributed by atoms with van der Waals surface area (Å²) in [7, 11) is 0. The summed E-state index contributed by atoms with van der Waals surface area (Å²) in [5.74, 6) is 0. The Morgan fingerprint density at radius 3 is 2.00 bits per heavy atom. The Morgan fingerprint density at radius 1 is 0.682 bits per heavy atom. The molecule has 3 aromatic carbocycles. The topological polar surface area (TPSA) is 13.1 Å². The number of rotatable bonds is 3. The Kier molecular flexibility index (Phi) is 3.19. The third kappa shape index (κ3) is 2.10. The maximum atomic E-state index is 6.07. The lowest BCUT2D eigenvalue weighted by molar-refractivity contribution is 0.668. The van der Waals surface area contributed by atoms with Crippen LogP contribution in [-0.4, -0.2) is 0 Å². The van der Waals surface area contributed by atoms with Crippen LogP contribution in [0.5, 0.6) is 0 Å². The van der Waals surface area contributed by atoms with E-state index >= 15 is 0 Å². The molecule has 0 saturated heterocycles. The van der Waals surface area contributed by atoms with Crippen LogP contribution in [0, 0.1) is 0 Å². The molecule has 0 bridgehead atoms. The Labute approximate surface area is 130 Å². The van der Waals surface area contributed by atoms with E-state index in [0.717, 1.165) is 24.0 Å². The minimum absolute atomic E-state index is 0.935. The number of aryl methyl sites for hydroxylation is 1. The molecule has 22 heavy (non-hydrogen) atoms. The standard InChI is InChI=1S/C21H18O/c1-2-16-10-6-12-18-20(16)21-17(11-7-13-19(21)22-18)14-15-8-4-3-5-9-15/h3-13H,2,14H2,1H3. The average molecular weight is 286 g/mol. The summed E-state index contributed by atoms with van der Waals surface area (Å²) in [5.41, 5.74) is 6.01. The molecule has 0 atom stereocenters. The van der Waals surface area contributed by atoms with Gasteiger partial charge in [0.15, 0.2) is 0 Å². The second-order valence-corrected chi connectivity index (χ2v) is 5.70. The van der Waals surface area contributed by atoms with Crippen LogP contribution in [0.25, 0.3) is 21.9 Å². The Balaban J connectivity index is 1.99. The van der Waals surface area contributed by atoms with Crippen molar-refractivity contribution in [3.05, 3.63) is 83.4 Å². The van der Waals surface area contributed by atoms with Crippen molar-refractivity contribution in [3.8, 4) is 0 Å². The summed E-state index contributed by atoms with van der Waals surface area (Å²) in [6.45, 7) is 2.20. The molecule has 1 aromatic heterocycles. The van der Waals surface area contributed by atoms with Gasteiger partial charge in [-0.25, -0.2) is 0 Å². The molecule has 0 fully saturated rings. The number of hydrogen-bond acceptors (Lipinski definition) is 1. The summed E-state index contributed by atoms with van der Waals surface area (Å²) in [6, 6.07) is 23.4. The molecule has 0 radical (unpaired) electrons. The molecular formula is C21H18O. The highest BCUT2D eigenvalue weighted by Gasteiger charge is 2.13. The Bertz CT molecular complexity index is 932. The fourth-order valence-electron chi connectivity index (χ4n) is 3.27. The first-order chi connectivity index (χ1) is 10.9. The van der Waals surface area contributed by atoms with Gasteiger partial charge in [-0.1, -0.05) is 61.5 Å². The smallest absolute Gasteiger partial charge is 0.135 e. The Morgan fingerprint density at radius 2 is 1.32 bits per heavy atom. The van der Waals surface area contributed by atoms with Crippen molar-refractivity contribution in [1.29, 1.82) is 0 Å². The molecule has 1 heterocycles. The average Bonchev–Trinajstić information content (AvgIpc) is 2.95. The summed E-state index contributed by atoms with van der Waals surface area (Å²) in [5, 5.41) is 2.56. The SMILES string of the molecule is CCc1cccc2oc3cccc(Cc4ccccc4)c3c12. The molecule has 0 saturated carbocycles. The van der Waals surface area contributed by atoms with Gasteiger partial charge in [0.25, 0.3) is 0 Å². The molecule has 4 aromatic rings. The number of furan rings is 1. The highest BCUT2D eigenvalue weighted by atomic mass is 16.3. The molecule has 1 nitrogen and oxygen atoms in total. The zero-order valence-corrected chi connectivity index (χ0v) is 12.7. The maximum Gasteiger partial charge on any atom is 0.135 e. The molecule has 0 aliphatic carbocycles. The van der Waals surface area contributed by atoms with Gasteiger partial charge in [-0.3, -0.25) is 0 Å². The Hall–Kier alpha value is -2.54. The van der Waals surface area contributed by atoms with Gasteiger partial charge in [0, 0.05) is 10.8 Å². The van der Waals surface area contributed by atoms with E-state index in [1.54, 1.807) is 0 Å². The molecule has 0 unspecified atom stereocenters. The fourth-order valence-corrected chi connectivity index (χ4v) is 3.27. The molecule has 1 heteroatoms. The maximum absolute atomic E-state index is 6.07. The lowest BCUT2D eigenvalue weighted by atomic mass is 9.97. The van der Waals surface area contributed by atoms with Gasteiger partial charge in [0.1, 0.15) is 11.2 Å². The highest BCUT2D eigenvalue weighted by Crippen LogP contribution is 2.34. The van der Waals surface area contributed by atoms with Crippen molar-refractivity contribution >= 4 is 21.9 Å². The zero-order valence-electron chi connectivity index (χ0n) is 12.7. The van der Waals surface area contributed by atoms with Gasteiger partial charge in [-0.15, -0.1) is 0 Å². The van der Waals surface area contributed by atoms with Crippen LogP contribution in [0.3, 0.4) is 0 Å². The van der Waals surface area contributed by atoms with Crippen molar-refractivity contribution in [3.63, 3.8) is 0 Å². The van der Waals surface area contributed by atoms with Crippen LogP contribution in [0.1, 0.15) is 23.6 Å². The van der Waals surface area contributed by atoms with E-state index in [2.05, 4.69) is 73.7 Å². The van der Waals surface area contributed by atoms with Gasteiger partial charge in [0.05, 0.1) is 0 Å². The third-order valence-corrected chi connectivity index (χ3v) is 4.31. The number of fused-ring (bicyclic) bond motifs is 3. The molecule has 0 amide bonds. The van der Waals surface area contributed by atoms with E-state index in [4.69, 9.17) is 4.42 Å². The van der Waals surface area contributed by atoms with Gasteiger partial charge in [0.2, 0.25) is 0 Å². The van der Waals surface area contributed by atoms with E-state index in [1.807, 2.05) is 0 Å². The number of hydrogen-bond donors (Lipinski definition) is 0. The van der Waals surface area contributed by atoms with Crippen LogP contribution in [-0.2, 0) is 12.8 Å². The first-order valence-electron chi connectivity index (χ1n) is 7.82. The quantitative estimate of drug-likeness (QED) is 0.468. The van der Waals surface area contributed by atoms with Gasteiger partial charge in [-0.2, -0.15) is 0 Å². The molecule has 108 valence electrons. The molecular weight excluding hydrogens is 268 g/mol. The lowest BCUT2D eigenvalue weighted by Gasteiger charge is -2.05. The molecule has 0 aliphatic rings. The van der Waals surface area contributed by atoms with Crippen LogP contribution in [0.15, 0.2) is 71.1 Å². The summed E-state index contributed by atoms with van der Waals surface area (Å²) in [4.78, 5) is 0. The lowest BCUT2D eigenvalue weighted by Crippen LogP contribution is -1.89. The largest absolute Gasteiger partial charge is 0.456 e. The van der Waals surface area contributed by atoms with Crippen LogP contribution >= 0.6 is 0 Å². The van der Waals surface area contributed by atoms with Crippen LogP contribution in [0.4, 0.5) is 0 Å². The predicted molar refractivity (Wildman–Crippen MR) is 92.3 cm³/mol. The molecule has 4 rings (SSSR count). The minimum Gasteiger partial charge on any atom is -0.456 e. The van der Waals surface area contributed by atoms with E-state index in [0.29, 0.717) is 0 Å². The van der Waals surface area contributed by atoms with E-state index in [9.17, 15) is 0 Å². The predicted octanol–water partition coefficient (Wildman–Crippen LogP) is 5.74. The van der Waals surface area contributed by atoms with Crippen LogP contribution < -0.4 is 0 Å². The van der Waals surface area contributed by atoms with Crippen molar-refractivity contribution in [1.82, 2.24) is 0 Å². The van der Waals surface area contributed by atoms with Crippen molar-refractivity contribution in [2.24, 2.45) is 0 Å². The first-order valence-corrected chi connectivity index (χ1v) is 7.82. The normalized spacial score (nSPS) is 11.3. The third-order valence-electron chi connectivity index (χ3n) is 4.31. The van der Waals surface area contributed by atoms with Crippen molar-refractivity contribution in [2.75, 3.05) is 0 Å². The van der Waals surface area contributed by atoms with E-state index in [-0.39, 0.29) is 0 Å². The zero-order chi connectivity index (χ0) is 14.9. The summed E-state index contributed by atoms with van der Waals surface area (Å²) in [6.07, 6.45) is 1.95. The second kappa shape index (κ2) is 5.34. The van der Waals surface area contributed by atoms with Gasteiger partial charge >= 0.3 is 0 Å². The second-order valence-electron chi connectivity index (χ2n) is 5.70. The van der Waals surface area contributed by atoms with E-state index in [1.165, 1.54) is 27.5 Å². The molecule has 0 aliphatic heterocycles. The van der Waals surface area contributed by atoms with Crippen molar-refractivity contribution in [2.45, 2.75) is 19.8 Å². The highest BCUT2D eigenvalue weighted by molar-refractivity contribution is 6.08. The van der Waals surface area contributed by atoms with Gasteiger partial charge in [-0.05, 0) is 41.7 Å².